The van der Waals surface area contributed by atoms with Crippen molar-refractivity contribution in [2.75, 3.05) is 26.7 Å². The van der Waals surface area contributed by atoms with Crippen molar-refractivity contribution in [3.8, 4) is 0 Å². The van der Waals surface area contributed by atoms with Crippen LogP contribution in [0, 0.1) is 0 Å². The third-order valence-electron chi connectivity index (χ3n) is 4.66. The Labute approximate surface area is 149 Å². The Hall–Kier alpha value is -2.18. The van der Waals surface area contributed by atoms with Crippen LogP contribution >= 0.6 is 0 Å². The lowest BCUT2D eigenvalue weighted by Gasteiger charge is -2.37. The van der Waals surface area contributed by atoms with E-state index in [9.17, 15) is 4.79 Å². The summed E-state index contributed by atoms with van der Waals surface area (Å²) < 4.78 is 7.72. The summed E-state index contributed by atoms with van der Waals surface area (Å²) in [4.78, 5) is 16.8. The minimum absolute atomic E-state index is 0.0586. The van der Waals surface area contributed by atoms with Crippen LogP contribution < -0.4 is 0 Å². The molecule has 2 atom stereocenters. The van der Waals surface area contributed by atoms with Gasteiger partial charge in [-0.05, 0) is 18.6 Å². The molecule has 0 spiro atoms. The first kappa shape index (κ1) is 17.6. The number of benzene rings is 1. The highest BCUT2D eigenvalue weighted by atomic mass is 16.5. The SMILES string of the molecule is C[C@H](C(=O)N(C)Cc1ccccc1)N1CCO[C@@H](Cn2cccn2)C1. The number of rotatable bonds is 6. The van der Waals surface area contributed by atoms with Gasteiger partial charge in [-0.3, -0.25) is 14.4 Å². The van der Waals surface area contributed by atoms with Gasteiger partial charge in [-0.1, -0.05) is 30.3 Å². The van der Waals surface area contributed by atoms with Gasteiger partial charge in [0.1, 0.15) is 0 Å². The van der Waals surface area contributed by atoms with E-state index in [2.05, 4.69) is 10.00 Å². The van der Waals surface area contributed by atoms with Crippen LogP contribution in [0.2, 0.25) is 0 Å². The van der Waals surface area contributed by atoms with Gasteiger partial charge in [-0.25, -0.2) is 0 Å². The molecule has 3 rings (SSSR count). The number of likely N-dealkylation sites (N-methyl/N-ethyl adjacent to an activating group) is 1. The molecule has 0 N–H and O–H groups in total. The zero-order valence-corrected chi connectivity index (χ0v) is 14.9. The fraction of sp³-hybridized carbons (Fsp3) is 0.474. The Morgan fingerprint density at radius 3 is 2.88 bits per heavy atom. The minimum atomic E-state index is -0.155. The Morgan fingerprint density at radius 2 is 2.16 bits per heavy atom. The van der Waals surface area contributed by atoms with Crippen LogP contribution in [0.4, 0.5) is 0 Å². The molecule has 134 valence electrons. The summed E-state index contributed by atoms with van der Waals surface area (Å²) in [7, 11) is 1.87. The molecule has 2 heterocycles. The third kappa shape index (κ3) is 4.67. The van der Waals surface area contributed by atoms with Crippen LogP contribution in [0.15, 0.2) is 48.8 Å². The molecule has 0 radical (unpaired) electrons. The van der Waals surface area contributed by atoms with Crippen molar-refractivity contribution >= 4 is 5.91 Å². The van der Waals surface area contributed by atoms with E-state index in [1.807, 2.05) is 61.2 Å². The minimum Gasteiger partial charge on any atom is -0.374 e. The summed E-state index contributed by atoms with van der Waals surface area (Å²) in [5.74, 6) is 0.142. The fourth-order valence-electron chi connectivity index (χ4n) is 3.23. The summed E-state index contributed by atoms with van der Waals surface area (Å²) >= 11 is 0. The van der Waals surface area contributed by atoms with E-state index in [1.54, 1.807) is 11.1 Å². The Morgan fingerprint density at radius 1 is 1.36 bits per heavy atom. The van der Waals surface area contributed by atoms with Gasteiger partial charge in [-0.15, -0.1) is 0 Å². The average molecular weight is 342 g/mol. The van der Waals surface area contributed by atoms with E-state index in [-0.39, 0.29) is 18.1 Å². The molecule has 1 saturated heterocycles. The van der Waals surface area contributed by atoms with Crippen molar-refractivity contribution in [3.05, 3.63) is 54.4 Å². The van der Waals surface area contributed by atoms with Gasteiger partial charge in [0, 0.05) is 39.1 Å². The zero-order chi connectivity index (χ0) is 17.6. The lowest BCUT2D eigenvalue weighted by atomic mass is 10.1. The number of carbonyl (C=O) groups is 1. The van der Waals surface area contributed by atoms with Crippen LogP contribution in [-0.4, -0.2) is 64.4 Å². The monoisotopic (exact) mass is 342 g/mol. The second kappa shape index (κ2) is 8.27. The highest BCUT2D eigenvalue weighted by molar-refractivity contribution is 5.81. The van der Waals surface area contributed by atoms with E-state index in [1.165, 1.54) is 0 Å². The number of amides is 1. The average Bonchev–Trinajstić information content (AvgIpc) is 3.14. The number of hydrogen-bond acceptors (Lipinski definition) is 4. The molecule has 6 nitrogen and oxygen atoms in total. The van der Waals surface area contributed by atoms with Crippen molar-refractivity contribution in [1.29, 1.82) is 0 Å². The van der Waals surface area contributed by atoms with E-state index in [4.69, 9.17) is 4.74 Å². The van der Waals surface area contributed by atoms with Gasteiger partial charge in [0.2, 0.25) is 5.91 Å². The molecule has 1 aliphatic rings. The van der Waals surface area contributed by atoms with E-state index in [0.717, 1.165) is 18.7 Å². The lowest BCUT2D eigenvalue weighted by Crippen LogP contribution is -2.53. The molecule has 1 aliphatic heterocycles. The number of carbonyl (C=O) groups excluding carboxylic acids is 1. The predicted molar refractivity (Wildman–Crippen MR) is 95.9 cm³/mol. The Bertz CT molecular complexity index is 659. The molecule has 0 saturated carbocycles. The first-order chi connectivity index (χ1) is 12.1. The largest absolute Gasteiger partial charge is 0.374 e. The fourth-order valence-corrected chi connectivity index (χ4v) is 3.23. The van der Waals surface area contributed by atoms with Crippen LogP contribution in [0.3, 0.4) is 0 Å². The molecule has 0 bridgehead atoms. The molecular weight excluding hydrogens is 316 g/mol. The van der Waals surface area contributed by atoms with E-state index in [0.29, 0.717) is 19.7 Å². The molecular formula is C19H26N4O2. The zero-order valence-electron chi connectivity index (χ0n) is 14.9. The summed E-state index contributed by atoms with van der Waals surface area (Å²) in [6.07, 6.45) is 3.76. The molecule has 0 aliphatic carbocycles. The molecule has 1 aromatic heterocycles. The summed E-state index contributed by atoms with van der Waals surface area (Å²) in [6, 6.07) is 11.8. The van der Waals surface area contributed by atoms with Gasteiger partial charge in [0.25, 0.3) is 0 Å². The molecule has 25 heavy (non-hydrogen) atoms. The van der Waals surface area contributed by atoms with Crippen LogP contribution in [0.5, 0.6) is 0 Å². The van der Waals surface area contributed by atoms with E-state index < -0.39 is 0 Å². The third-order valence-corrected chi connectivity index (χ3v) is 4.66. The molecule has 2 aromatic rings. The summed E-state index contributed by atoms with van der Waals surface area (Å²) in [5, 5.41) is 4.23. The summed E-state index contributed by atoms with van der Waals surface area (Å²) in [6.45, 7) is 5.50. The summed E-state index contributed by atoms with van der Waals surface area (Å²) in [5.41, 5.74) is 1.14. The smallest absolute Gasteiger partial charge is 0.239 e. The maximum absolute atomic E-state index is 12.8. The van der Waals surface area contributed by atoms with E-state index >= 15 is 0 Å². The normalized spacial score (nSPS) is 19.5. The van der Waals surface area contributed by atoms with Crippen LogP contribution in [0.1, 0.15) is 12.5 Å². The van der Waals surface area contributed by atoms with Crippen molar-refractivity contribution in [1.82, 2.24) is 19.6 Å². The molecule has 1 amide bonds. The van der Waals surface area contributed by atoms with Crippen molar-refractivity contribution < 1.29 is 9.53 Å². The quantitative estimate of drug-likeness (QED) is 0.801. The number of ether oxygens (including phenoxy) is 1. The van der Waals surface area contributed by atoms with Gasteiger partial charge >= 0.3 is 0 Å². The molecule has 1 fully saturated rings. The Kier molecular flexibility index (Phi) is 5.83. The Balaban J connectivity index is 1.55. The molecule has 1 aromatic carbocycles. The predicted octanol–water partition coefficient (Wildman–Crippen LogP) is 1.63. The second-order valence-corrected chi connectivity index (χ2v) is 6.57. The van der Waals surface area contributed by atoms with Crippen LogP contribution in [0.25, 0.3) is 0 Å². The number of hydrogen-bond donors (Lipinski definition) is 0. The van der Waals surface area contributed by atoms with Gasteiger partial charge < -0.3 is 9.64 Å². The van der Waals surface area contributed by atoms with Gasteiger partial charge in [0.15, 0.2) is 0 Å². The van der Waals surface area contributed by atoms with Crippen LogP contribution in [-0.2, 0) is 22.6 Å². The number of aromatic nitrogens is 2. The van der Waals surface area contributed by atoms with Crippen molar-refractivity contribution in [3.63, 3.8) is 0 Å². The van der Waals surface area contributed by atoms with Crippen molar-refractivity contribution in [2.45, 2.75) is 32.2 Å². The molecule has 0 unspecified atom stereocenters. The highest BCUT2D eigenvalue weighted by Crippen LogP contribution is 2.13. The van der Waals surface area contributed by atoms with Crippen molar-refractivity contribution in [2.24, 2.45) is 0 Å². The lowest BCUT2D eigenvalue weighted by molar-refractivity contribution is -0.139. The number of morpholine rings is 1. The first-order valence-corrected chi connectivity index (χ1v) is 8.75. The first-order valence-electron chi connectivity index (χ1n) is 8.75. The van der Waals surface area contributed by atoms with Gasteiger partial charge in [-0.2, -0.15) is 5.10 Å². The second-order valence-electron chi connectivity index (χ2n) is 6.57. The molecule has 6 heteroatoms. The number of nitrogens with zero attached hydrogens (tertiary/aromatic N) is 4. The topological polar surface area (TPSA) is 50.6 Å². The van der Waals surface area contributed by atoms with Gasteiger partial charge in [0.05, 0.1) is 25.3 Å². The maximum atomic E-state index is 12.8. The highest BCUT2D eigenvalue weighted by Gasteiger charge is 2.29. The standard InChI is InChI=1S/C19H26N4O2/c1-16(19(24)21(2)13-17-7-4-3-5-8-17)22-11-12-25-18(14-22)15-23-10-6-9-20-23/h3-10,16,18H,11-15H2,1-2H3/t16-,18-/m1/s1. The maximum Gasteiger partial charge on any atom is 0.239 e.